The zero-order valence-corrected chi connectivity index (χ0v) is 13.3. The molecule has 1 aromatic heterocycles. The molecule has 108 valence electrons. The molecule has 1 amide bonds. The normalized spacial score (nSPS) is 15.3. The fraction of sp³-hybridized carbons (Fsp3) is 0.643. The van der Waals surface area contributed by atoms with Gasteiger partial charge in [0.25, 0.3) is 0 Å². The van der Waals surface area contributed by atoms with Crippen LogP contribution in [0.5, 0.6) is 0 Å². The minimum atomic E-state index is -0.487. The smallest absolute Gasteiger partial charge is 0.237 e. The number of nitrogens with one attached hydrogen (secondary N) is 1. The molecule has 0 saturated heterocycles. The molecular formula is C14H25N3OS. The van der Waals surface area contributed by atoms with Gasteiger partial charge in [-0.25, -0.2) is 0 Å². The Bertz CT molecular complexity index is 395. The largest absolute Gasteiger partial charge is 0.353 e. The van der Waals surface area contributed by atoms with Crippen molar-refractivity contribution >= 4 is 17.2 Å². The first-order chi connectivity index (χ1) is 8.73. The van der Waals surface area contributed by atoms with Crippen LogP contribution < -0.4 is 11.1 Å². The van der Waals surface area contributed by atoms with Gasteiger partial charge in [0, 0.05) is 11.4 Å². The van der Waals surface area contributed by atoms with Crippen LogP contribution in [0.25, 0.3) is 0 Å². The Morgan fingerprint density at radius 3 is 2.53 bits per heavy atom. The van der Waals surface area contributed by atoms with Gasteiger partial charge in [0.2, 0.25) is 5.91 Å². The molecule has 1 aromatic rings. The molecule has 0 aliphatic rings. The zero-order valence-electron chi connectivity index (χ0n) is 12.4. The van der Waals surface area contributed by atoms with E-state index in [1.807, 2.05) is 40.9 Å². The van der Waals surface area contributed by atoms with Crippen LogP contribution in [0.4, 0.5) is 0 Å². The highest BCUT2D eigenvalue weighted by molar-refractivity contribution is 7.10. The molecule has 1 heterocycles. The average Bonchev–Trinajstić information content (AvgIpc) is 2.79. The number of rotatable bonds is 5. The Morgan fingerprint density at radius 1 is 1.47 bits per heavy atom. The summed E-state index contributed by atoms with van der Waals surface area (Å²) >= 11 is 1.70. The van der Waals surface area contributed by atoms with Crippen molar-refractivity contribution in [3.63, 3.8) is 0 Å². The quantitative estimate of drug-likeness (QED) is 0.867. The zero-order chi connectivity index (χ0) is 14.6. The highest BCUT2D eigenvalue weighted by Gasteiger charge is 2.28. The molecule has 0 radical (unpaired) electrons. The van der Waals surface area contributed by atoms with Gasteiger partial charge in [-0.1, -0.05) is 26.8 Å². The maximum absolute atomic E-state index is 12.0. The summed E-state index contributed by atoms with van der Waals surface area (Å²) in [6, 6.07) is 3.82. The van der Waals surface area contributed by atoms with E-state index in [0.717, 1.165) is 0 Å². The third-order valence-corrected chi connectivity index (χ3v) is 4.15. The van der Waals surface area contributed by atoms with E-state index < -0.39 is 6.04 Å². The molecule has 19 heavy (non-hydrogen) atoms. The molecule has 2 atom stereocenters. The number of amides is 1. The van der Waals surface area contributed by atoms with Crippen LogP contribution in [-0.2, 0) is 4.79 Å². The Labute approximate surface area is 120 Å². The fourth-order valence-electron chi connectivity index (χ4n) is 1.72. The molecule has 0 aromatic carbocycles. The lowest BCUT2D eigenvalue weighted by Crippen LogP contribution is -2.50. The van der Waals surface area contributed by atoms with Crippen LogP contribution in [0.3, 0.4) is 0 Å². The molecule has 2 unspecified atom stereocenters. The molecule has 0 aliphatic heterocycles. The second-order valence-corrected chi connectivity index (χ2v) is 7.06. The van der Waals surface area contributed by atoms with E-state index in [9.17, 15) is 4.79 Å². The summed E-state index contributed by atoms with van der Waals surface area (Å²) in [5, 5.41) is 5.01. The maximum atomic E-state index is 12.0. The second kappa shape index (κ2) is 6.50. The molecule has 0 aliphatic carbocycles. The molecule has 0 spiro atoms. The van der Waals surface area contributed by atoms with Crippen LogP contribution in [0.1, 0.15) is 31.7 Å². The van der Waals surface area contributed by atoms with Gasteiger partial charge in [0.1, 0.15) is 0 Å². The minimum Gasteiger partial charge on any atom is -0.353 e. The van der Waals surface area contributed by atoms with Crippen molar-refractivity contribution in [3.05, 3.63) is 22.4 Å². The summed E-state index contributed by atoms with van der Waals surface area (Å²) < 4.78 is 0. The highest BCUT2D eigenvalue weighted by atomic mass is 32.1. The van der Waals surface area contributed by atoms with Crippen LogP contribution in [0.15, 0.2) is 17.5 Å². The van der Waals surface area contributed by atoms with E-state index in [0.29, 0.717) is 6.54 Å². The predicted octanol–water partition coefficient (Wildman–Crippen LogP) is 1.84. The van der Waals surface area contributed by atoms with E-state index in [-0.39, 0.29) is 17.4 Å². The first kappa shape index (κ1) is 16.1. The topological polar surface area (TPSA) is 58.4 Å². The monoisotopic (exact) mass is 283 g/mol. The molecule has 1 rings (SSSR count). The van der Waals surface area contributed by atoms with Gasteiger partial charge >= 0.3 is 0 Å². The van der Waals surface area contributed by atoms with Crippen molar-refractivity contribution < 1.29 is 4.79 Å². The van der Waals surface area contributed by atoms with E-state index >= 15 is 0 Å². The van der Waals surface area contributed by atoms with Gasteiger partial charge in [-0.15, -0.1) is 11.3 Å². The fourth-order valence-corrected chi connectivity index (χ4v) is 2.64. The van der Waals surface area contributed by atoms with Gasteiger partial charge < -0.3 is 16.0 Å². The van der Waals surface area contributed by atoms with Gasteiger partial charge in [-0.3, -0.25) is 4.79 Å². The van der Waals surface area contributed by atoms with Crippen molar-refractivity contribution in [2.24, 2.45) is 11.1 Å². The van der Waals surface area contributed by atoms with E-state index in [1.54, 1.807) is 11.3 Å². The van der Waals surface area contributed by atoms with E-state index in [4.69, 9.17) is 5.73 Å². The molecule has 0 bridgehead atoms. The summed E-state index contributed by atoms with van der Waals surface area (Å²) in [6.45, 7) is 6.50. The van der Waals surface area contributed by atoms with Crippen molar-refractivity contribution in [1.29, 1.82) is 0 Å². The number of carbonyl (C=O) groups excluding carboxylic acids is 1. The minimum absolute atomic E-state index is 0.0871. The van der Waals surface area contributed by atoms with E-state index in [2.05, 4.69) is 21.7 Å². The maximum Gasteiger partial charge on any atom is 0.237 e. The predicted molar refractivity (Wildman–Crippen MR) is 81.2 cm³/mol. The first-order valence-corrected chi connectivity index (χ1v) is 7.34. The number of hydrogen-bond donors (Lipinski definition) is 2. The van der Waals surface area contributed by atoms with Crippen LogP contribution in [0, 0.1) is 5.41 Å². The van der Waals surface area contributed by atoms with Crippen molar-refractivity contribution in [1.82, 2.24) is 10.2 Å². The van der Waals surface area contributed by atoms with Crippen molar-refractivity contribution in [2.75, 3.05) is 20.6 Å². The lowest BCUT2D eigenvalue weighted by atomic mass is 9.87. The summed E-state index contributed by atoms with van der Waals surface area (Å²) in [5.74, 6) is -0.0871. The summed E-state index contributed by atoms with van der Waals surface area (Å²) in [7, 11) is 4.03. The number of carbonyl (C=O) groups is 1. The van der Waals surface area contributed by atoms with Crippen molar-refractivity contribution in [2.45, 2.75) is 32.9 Å². The molecular weight excluding hydrogens is 258 g/mol. The van der Waals surface area contributed by atoms with Crippen LogP contribution in [0.2, 0.25) is 0 Å². The lowest BCUT2D eigenvalue weighted by Gasteiger charge is -2.28. The Kier molecular flexibility index (Phi) is 5.52. The molecule has 4 nitrogen and oxygen atoms in total. The highest BCUT2D eigenvalue weighted by Crippen LogP contribution is 2.23. The summed E-state index contributed by atoms with van der Waals surface area (Å²) in [4.78, 5) is 15.4. The number of likely N-dealkylation sites (N-methyl/N-ethyl adjacent to an activating group) is 1. The van der Waals surface area contributed by atoms with Crippen molar-refractivity contribution in [3.8, 4) is 0 Å². The Balaban J connectivity index is 2.61. The Morgan fingerprint density at radius 2 is 2.11 bits per heavy atom. The molecule has 0 saturated carbocycles. The number of nitrogens with two attached hydrogens (primary N) is 1. The average molecular weight is 283 g/mol. The number of hydrogen-bond acceptors (Lipinski definition) is 4. The lowest BCUT2D eigenvalue weighted by molar-refractivity contribution is -0.124. The van der Waals surface area contributed by atoms with Gasteiger partial charge in [0.05, 0.1) is 12.1 Å². The number of nitrogens with zero attached hydrogens (tertiary/aromatic N) is 1. The van der Waals surface area contributed by atoms with Crippen LogP contribution >= 0.6 is 11.3 Å². The van der Waals surface area contributed by atoms with Gasteiger partial charge in [-0.05, 0) is 31.0 Å². The SMILES string of the molecule is CN(C)C(CNC(=O)C(N)C(C)(C)C)c1cccs1. The standard InChI is InChI=1S/C14H25N3OS/c1-14(2,3)12(15)13(18)16-9-10(17(4)5)11-7-6-8-19-11/h6-8,10,12H,9,15H2,1-5H3,(H,16,18). The third kappa shape index (κ3) is 4.60. The molecule has 5 heteroatoms. The number of thiophene rings is 1. The third-order valence-electron chi connectivity index (χ3n) is 3.18. The first-order valence-electron chi connectivity index (χ1n) is 6.46. The second-order valence-electron chi connectivity index (χ2n) is 6.08. The van der Waals surface area contributed by atoms with Crippen LogP contribution in [-0.4, -0.2) is 37.5 Å². The van der Waals surface area contributed by atoms with Gasteiger partial charge in [-0.2, -0.15) is 0 Å². The summed E-state index contributed by atoms with van der Waals surface area (Å²) in [6.07, 6.45) is 0. The Hall–Kier alpha value is -0.910. The van der Waals surface area contributed by atoms with Gasteiger partial charge in [0.15, 0.2) is 0 Å². The molecule has 3 N–H and O–H groups in total. The molecule has 0 fully saturated rings. The van der Waals surface area contributed by atoms with E-state index in [1.165, 1.54) is 4.88 Å². The summed E-state index contributed by atoms with van der Waals surface area (Å²) in [5.41, 5.74) is 5.73.